The first-order valence-corrected chi connectivity index (χ1v) is 12.1. The Kier molecular flexibility index (Phi) is 8.19. The predicted molar refractivity (Wildman–Crippen MR) is 119 cm³/mol. The first-order chi connectivity index (χ1) is 13.3. The van der Waals surface area contributed by atoms with E-state index in [9.17, 15) is 8.42 Å². The maximum atomic E-state index is 11.6. The third kappa shape index (κ3) is 7.09. The van der Waals surface area contributed by atoms with Crippen molar-refractivity contribution in [3.8, 4) is 0 Å². The zero-order valence-electron chi connectivity index (χ0n) is 16.8. The van der Waals surface area contributed by atoms with Gasteiger partial charge in [0.15, 0.2) is 5.96 Å². The Morgan fingerprint density at radius 3 is 2.43 bits per heavy atom. The average molecular weight is 421 g/mol. The van der Waals surface area contributed by atoms with Crippen LogP contribution in [-0.4, -0.2) is 45.4 Å². The fourth-order valence-electron chi connectivity index (χ4n) is 2.67. The molecule has 0 aromatic heterocycles. The van der Waals surface area contributed by atoms with Gasteiger partial charge in [0, 0.05) is 25.0 Å². The summed E-state index contributed by atoms with van der Waals surface area (Å²) in [5.74, 6) is 0.769. The molecule has 0 unspecified atom stereocenters. The lowest BCUT2D eigenvalue weighted by atomic mass is 10.2. The molecule has 0 saturated heterocycles. The zero-order valence-corrected chi connectivity index (χ0v) is 18.4. The molecule has 2 N–H and O–H groups in total. The lowest BCUT2D eigenvalue weighted by molar-refractivity contribution is 0.476. The topological polar surface area (TPSA) is 73.8 Å². The predicted octanol–water partition coefficient (Wildman–Crippen LogP) is 3.38. The Balaban J connectivity index is 2.15. The van der Waals surface area contributed by atoms with Crippen LogP contribution < -0.4 is 10.0 Å². The van der Waals surface area contributed by atoms with Gasteiger partial charge < -0.3 is 10.2 Å². The second kappa shape index (κ2) is 10.4. The van der Waals surface area contributed by atoms with Crippen LogP contribution in [0.5, 0.6) is 0 Å². The Labute approximate surface area is 172 Å². The third-order valence-corrected chi connectivity index (χ3v) is 5.32. The Bertz CT molecular complexity index is 897. The molecular weight excluding hydrogens is 392 g/mol. The lowest BCUT2D eigenvalue weighted by Crippen LogP contribution is -2.38. The molecule has 2 rings (SSSR count). The molecule has 0 amide bonds. The van der Waals surface area contributed by atoms with E-state index >= 15 is 0 Å². The van der Waals surface area contributed by atoms with Gasteiger partial charge in [-0.1, -0.05) is 30.3 Å². The smallest absolute Gasteiger partial charge is 0.229 e. The van der Waals surface area contributed by atoms with Crippen LogP contribution in [-0.2, 0) is 23.1 Å². The largest absolute Gasteiger partial charge is 0.357 e. The number of aliphatic imine (C=N–C) groups is 1. The van der Waals surface area contributed by atoms with Crippen molar-refractivity contribution in [1.29, 1.82) is 0 Å². The summed E-state index contributed by atoms with van der Waals surface area (Å²) in [5.41, 5.74) is 2.58. The zero-order chi connectivity index (χ0) is 20.6. The highest BCUT2D eigenvalue weighted by atomic mass is 32.2. The number of hydrogen-bond acceptors (Lipinski definition) is 4. The second-order valence-electron chi connectivity index (χ2n) is 6.41. The summed E-state index contributed by atoms with van der Waals surface area (Å²) in [6, 6.07) is 15.8. The van der Waals surface area contributed by atoms with Gasteiger partial charge in [-0.15, -0.1) is 11.8 Å². The van der Waals surface area contributed by atoms with Crippen molar-refractivity contribution >= 4 is 33.4 Å². The number of nitrogens with zero attached hydrogens (tertiary/aromatic N) is 2. The number of anilines is 1. The number of hydrogen-bond donors (Lipinski definition) is 2. The number of thioether (sulfide) groups is 1. The standard InChI is InChI=1S/C20H28N4O2S2/c1-5-21-20(24(2)15-16-10-12-18(27-3)13-11-16)22-14-17-8-6-7-9-19(17)23-28(4,25)26/h6-13,23H,5,14-15H2,1-4H3,(H,21,22). The molecule has 0 atom stereocenters. The Hall–Kier alpha value is -2.19. The van der Waals surface area contributed by atoms with E-state index in [1.165, 1.54) is 10.5 Å². The normalized spacial score (nSPS) is 11.9. The van der Waals surface area contributed by atoms with Gasteiger partial charge in [-0.05, 0) is 42.5 Å². The fraction of sp³-hybridized carbons (Fsp3) is 0.350. The quantitative estimate of drug-likeness (QED) is 0.389. The lowest BCUT2D eigenvalue weighted by Gasteiger charge is -2.22. The SMILES string of the molecule is CCNC(=NCc1ccccc1NS(C)(=O)=O)N(C)Cc1ccc(SC)cc1. The van der Waals surface area contributed by atoms with Gasteiger partial charge in [0.05, 0.1) is 18.5 Å². The minimum absolute atomic E-state index is 0.372. The summed E-state index contributed by atoms with van der Waals surface area (Å²) in [7, 11) is -1.35. The average Bonchev–Trinajstić information content (AvgIpc) is 2.65. The first kappa shape index (κ1) is 22.1. The van der Waals surface area contributed by atoms with Gasteiger partial charge >= 0.3 is 0 Å². The van der Waals surface area contributed by atoms with Crippen molar-refractivity contribution < 1.29 is 8.42 Å². The van der Waals surface area contributed by atoms with E-state index < -0.39 is 10.0 Å². The summed E-state index contributed by atoms with van der Waals surface area (Å²) in [4.78, 5) is 7.99. The van der Waals surface area contributed by atoms with Gasteiger partial charge in [-0.2, -0.15) is 0 Å². The highest BCUT2D eigenvalue weighted by Gasteiger charge is 2.09. The van der Waals surface area contributed by atoms with E-state index in [1.807, 2.05) is 26.1 Å². The molecule has 0 aliphatic rings. The van der Waals surface area contributed by atoms with Gasteiger partial charge in [-0.3, -0.25) is 4.72 Å². The molecule has 8 heteroatoms. The molecule has 0 radical (unpaired) electrons. The fourth-order valence-corrected chi connectivity index (χ4v) is 3.67. The van der Waals surface area contributed by atoms with E-state index in [4.69, 9.17) is 4.99 Å². The van der Waals surface area contributed by atoms with E-state index in [-0.39, 0.29) is 0 Å². The molecule has 2 aromatic carbocycles. The van der Waals surface area contributed by atoms with E-state index in [0.717, 1.165) is 30.9 Å². The third-order valence-electron chi connectivity index (χ3n) is 3.99. The Morgan fingerprint density at radius 1 is 1.14 bits per heavy atom. The number of rotatable bonds is 8. The van der Waals surface area contributed by atoms with Crippen molar-refractivity contribution in [2.45, 2.75) is 24.9 Å². The van der Waals surface area contributed by atoms with Crippen LogP contribution in [0.4, 0.5) is 5.69 Å². The maximum absolute atomic E-state index is 11.6. The van der Waals surface area contributed by atoms with Crippen molar-refractivity contribution in [3.05, 3.63) is 59.7 Å². The van der Waals surface area contributed by atoms with E-state index in [0.29, 0.717) is 12.2 Å². The number of nitrogens with one attached hydrogen (secondary N) is 2. The molecule has 0 bridgehead atoms. The van der Waals surface area contributed by atoms with Crippen molar-refractivity contribution in [2.75, 3.05) is 30.8 Å². The molecule has 0 saturated carbocycles. The minimum Gasteiger partial charge on any atom is -0.357 e. The van der Waals surface area contributed by atoms with Crippen LogP contribution in [0.3, 0.4) is 0 Å². The molecular formula is C20H28N4O2S2. The summed E-state index contributed by atoms with van der Waals surface area (Å²) in [6.45, 7) is 3.87. The molecule has 28 heavy (non-hydrogen) atoms. The molecule has 0 aliphatic heterocycles. The molecule has 152 valence electrons. The van der Waals surface area contributed by atoms with Crippen LogP contribution in [0.2, 0.25) is 0 Å². The first-order valence-electron chi connectivity index (χ1n) is 9.00. The van der Waals surface area contributed by atoms with Gasteiger partial charge in [-0.25, -0.2) is 13.4 Å². The highest BCUT2D eigenvalue weighted by Crippen LogP contribution is 2.18. The van der Waals surface area contributed by atoms with Crippen molar-refractivity contribution in [3.63, 3.8) is 0 Å². The number of para-hydroxylation sites is 1. The van der Waals surface area contributed by atoms with Crippen LogP contribution >= 0.6 is 11.8 Å². The molecule has 2 aromatic rings. The number of guanidine groups is 1. The van der Waals surface area contributed by atoms with Gasteiger partial charge in [0.1, 0.15) is 0 Å². The number of sulfonamides is 1. The summed E-state index contributed by atoms with van der Waals surface area (Å²) in [6.07, 6.45) is 3.21. The second-order valence-corrected chi connectivity index (χ2v) is 9.03. The molecule has 6 nitrogen and oxygen atoms in total. The van der Waals surface area contributed by atoms with Crippen LogP contribution in [0.15, 0.2) is 58.4 Å². The summed E-state index contributed by atoms with van der Waals surface area (Å²) >= 11 is 1.72. The van der Waals surface area contributed by atoms with Crippen LogP contribution in [0.1, 0.15) is 18.1 Å². The van der Waals surface area contributed by atoms with Crippen LogP contribution in [0.25, 0.3) is 0 Å². The van der Waals surface area contributed by atoms with Crippen molar-refractivity contribution in [2.24, 2.45) is 4.99 Å². The Morgan fingerprint density at radius 2 is 1.82 bits per heavy atom. The number of benzene rings is 2. The van der Waals surface area contributed by atoms with E-state index in [2.05, 4.69) is 45.5 Å². The minimum atomic E-state index is -3.34. The van der Waals surface area contributed by atoms with Gasteiger partial charge in [0.2, 0.25) is 10.0 Å². The van der Waals surface area contributed by atoms with E-state index in [1.54, 1.807) is 23.9 Å². The van der Waals surface area contributed by atoms with Crippen LogP contribution in [0, 0.1) is 0 Å². The monoisotopic (exact) mass is 420 g/mol. The van der Waals surface area contributed by atoms with Crippen molar-refractivity contribution in [1.82, 2.24) is 10.2 Å². The molecule has 0 fully saturated rings. The molecule has 0 aliphatic carbocycles. The molecule has 0 spiro atoms. The summed E-state index contributed by atoms with van der Waals surface area (Å²) < 4.78 is 25.7. The highest BCUT2D eigenvalue weighted by molar-refractivity contribution is 7.98. The van der Waals surface area contributed by atoms with Gasteiger partial charge in [0.25, 0.3) is 0 Å². The molecule has 0 heterocycles. The summed E-state index contributed by atoms with van der Waals surface area (Å²) in [5, 5.41) is 3.30. The maximum Gasteiger partial charge on any atom is 0.229 e.